The van der Waals surface area contributed by atoms with Gasteiger partial charge < -0.3 is 10.5 Å². The quantitative estimate of drug-likeness (QED) is 0.465. The summed E-state index contributed by atoms with van der Waals surface area (Å²) < 4.78 is 4.74. The summed E-state index contributed by atoms with van der Waals surface area (Å²) in [6.45, 7) is 2.08. The molecule has 16 heavy (non-hydrogen) atoms. The SMILES string of the molecule is CCOC(=O)CSc1ncc(C#N)c(N)n1. The maximum atomic E-state index is 11.0. The van der Waals surface area contributed by atoms with Gasteiger partial charge in [0.15, 0.2) is 5.16 Å². The standard InChI is InChI=1S/C9H10N4O2S/c1-2-15-7(14)5-16-9-12-4-6(3-10)8(11)13-9/h4H,2,5H2,1H3,(H2,11,12,13). The maximum absolute atomic E-state index is 11.0. The van der Waals surface area contributed by atoms with Crippen LogP contribution in [-0.2, 0) is 9.53 Å². The van der Waals surface area contributed by atoms with Gasteiger partial charge in [-0.05, 0) is 6.92 Å². The van der Waals surface area contributed by atoms with Crippen LogP contribution in [0.2, 0.25) is 0 Å². The van der Waals surface area contributed by atoms with E-state index in [2.05, 4.69) is 9.97 Å². The average molecular weight is 238 g/mol. The first-order valence-corrected chi connectivity index (χ1v) is 5.47. The first-order chi connectivity index (χ1) is 7.67. The maximum Gasteiger partial charge on any atom is 0.316 e. The van der Waals surface area contributed by atoms with Crippen LogP contribution in [0, 0.1) is 11.3 Å². The van der Waals surface area contributed by atoms with Gasteiger partial charge in [0.05, 0.1) is 18.6 Å². The summed E-state index contributed by atoms with van der Waals surface area (Å²) >= 11 is 1.12. The summed E-state index contributed by atoms with van der Waals surface area (Å²) in [5.74, 6) is -0.0954. The smallest absolute Gasteiger partial charge is 0.316 e. The van der Waals surface area contributed by atoms with Gasteiger partial charge >= 0.3 is 5.97 Å². The van der Waals surface area contributed by atoms with Crippen LogP contribution < -0.4 is 5.73 Å². The van der Waals surface area contributed by atoms with E-state index < -0.39 is 0 Å². The van der Waals surface area contributed by atoms with Crippen LogP contribution in [0.5, 0.6) is 0 Å². The molecule has 7 heteroatoms. The molecule has 0 saturated heterocycles. The number of hydrogen-bond donors (Lipinski definition) is 1. The largest absolute Gasteiger partial charge is 0.465 e. The van der Waals surface area contributed by atoms with Crippen LogP contribution in [0.25, 0.3) is 0 Å². The number of carbonyl (C=O) groups is 1. The van der Waals surface area contributed by atoms with Crippen LogP contribution >= 0.6 is 11.8 Å². The van der Waals surface area contributed by atoms with Gasteiger partial charge in [0.1, 0.15) is 17.5 Å². The number of carbonyl (C=O) groups excluding carboxylic acids is 1. The van der Waals surface area contributed by atoms with E-state index in [-0.39, 0.29) is 23.1 Å². The lowest BCUT2D eigenvalue weighted by molar-refractivity contribution is -0.139. The highest BCUT2D eigenvalue weighted by Gasteiger charge is 2.07. The van der Waals surface area contributed by atoms with Crippen molar-refractivity contribution in [1.82, 2.24) is 9.97 Å². The number of esters is 1. The minimum absolute atomic E-state index is 0.115. The third-order valence-corrected chi connectivity index (χ3v) is 2.38. The number of nitrogen functional groups attached to an aromatic ring is 1. The van der Waals surface area contributed by atoms with Crippen LogP contribution in [0.15, 0.2) is 11.4 Å². The molecular weight excluding hydrogens is 228 g/mol. The summed E-state index contributed by atoms with van der Waals surface area (Å²) in [5, 5.41) is 8.96. The molecule has 2 N–H and O–H groups in total. The minimum atomic E-state index is -0.334. The van der Waals surface area contributed by atoms with E-state index in [9.17, 15) is 4.79 Å². The zero-order chi connectivity index (χ0) is 12.0. The van der Waals surface area contributed by atoms with Crippen molar-refractivity contribution in [3.8, 4) is 6.07 Å². The third kappa shape index (κ3) is 3.40. The Kier molecular flexibility index (Phi) is 4.54. The molecule has 0 unspecified atom stereocenters. The number of rotatable bonds is 4. The monoisotopic (exact) mass is 238 g/mol. The Balaban J connectivity index is 2.59. The van der Waals surface area contributed by atoms with Crippen molar-refractivity contribution < 1.29 is 9.53 Å². The molecule has 0 aliphatic rings. The molecule has 0 aromatic carbocycles. The number of nitriles is 1. The Morgan fingerprint density at radius 3 is 3.06 bits per heavy atom. The van der Waals surface area contributed by atoms with Crippen LogP contribution in [0.3, 0.4) is 0 Å². The van der Waals surface area contributed by atoms with E-state index in [1.54, 1.807) is 6.92 Å². The fraction of sp³-hybridized carbons (Fsp3) is 0.333. The lowest BCUT2D eigenvalue weighted by atomic mass is 10.3. The van der Waals surface area contributed by atoms with Gasteiger partial charge in [-0.25, -0.2) is 9.97 Å². The Labute approximate surface area is 96.8 Å². The number of anilines is 1. The summed E-state index contributed by atoms with van der Waals surface area (Å²) in [4.78, 5) is 18.8. The molecule has 0 radical (unpaired) electrons. The predicted molar refractivity (Wildman–Crippen MR) is 58.5 cm³/mol. The molecule has 6 nitrogen and oxygen atoms in total. The van der Waals surface area contributed by atoms with Gasteiger partial charge in [-0.3, -0.25) is 4.79 Å². The molecule has 84 valence electrons. The van der Waals surface area contributed by atoms with Gasteiger partial charge in [0.25, 0.3) is 0 Å². The summed E-state index contributed by atoms with van der Waals surface area (Å²) in [6.07, 6.45) is 1.33. The average Bonchev–Trinajstić information content (AvgIpc) is 2.27. The molecule has 1 rings (SSSR count). The molecule has 1 heterocycles. The van der Waals surface area contributed by atoms with Crippen molar-refractivity contribution in [2.75, 3.05) is 18.1 Å². The van der Waals surface area contributed by atoms with Gasteiger partial charge in [-0.2, -0.15) is 5.26 Å². The molecule has 0 bridgehead atoms. The molecular formula is C9H10N4O2S. The molecule has 0 spiro atoms. The van der Waals surface area contributed by atoms with Crippen molar-refractivity contribution in [1.29, 1.82) is 5.26 Å². The van der Waals surface area contributed by atoms with Crippen LogP contribution in [0.1, 0.15) is 12.5 Å². The van der Waals surface area contributed by atoms with Gasteiger partial charge in [0, 0.05) is 0 Å². The van der Waals surface area contributed by atoms with Gasteiger partial charge in [-0.15, -0.1) is 0 Å². The number of nitrogens with zero attached hydrogens (tertiary/aromatic N) is 3. The molecule has 1 aromatic heterocycles. The zero-order valence-electron chi connectivity index (χ0n) is 8.64. The van der Waals surface area contributed by atoms with E-state index in [0.717, 1.165) is 11.8 Å². The molecule has 0 fully saturated rings. The predicted octanol–water partition coefficient (Wildman–Crippen LogP) is 0.586. The second-order valence-corrected chi connectivity index (χ2v) is 3.60. The fourth-order valence-electron chi connectivity index (χ4n) is 0.860. The Hall–Kier alpha value is -1.81. The molecule has 1 aromatic rings. The van der Waals surface area contributed by atoms with Crippen molar-refractivity contribution >= 4 is 23.5 Å². The number of thioether (sulfide) groups is 1. The van der Waals surface area contributed by atoms with Crippen molar-refractivity contribution in [2.45, 2.75) is 12.1 Å². The van der Waals surface area contributed by atoms with E-state index in [1.807, 2.05) is 6.07 Å². The molecule has 0 aliphatic carbocycles. The Morgan fingerprint density at radius 1 is 1.75 bits per heavy atom. The van der Waals surface area contributed by atoms with Gasteiger partial charge in [0.2, 0.25) is 0 Å². The van der Waals surface area contributed by atoms with E-state index in [4.69, 9.17) is 15.7 Å². The fourth-order valence-corrected chi connectivity index (χ4v) is 1.48. The molecule has 0 saturated carbocycles. The topological polar surface area (TPSA) is 102 Å². The van der Waals surface area contributed by atoms with E-state index >= 15 is 0 Å². The number of ether oxygens (including phenoxy) is 1. The first-order valence-electron chi connectivity index (χ1n) is 4.48. The highest BCUT2D eigenvalue weighted by molar-refractivity contribution is 7.99. The summed E-state index contributed by atoms with van der Waals surface area (Å²) in [6, 6.07) is 1.86. The lowest BCUT2D eigenvalue weighted by Crippen LogP contribution is -2.07. The molecule has 0 atom stereocenters. The number of hydrogen-bond acceptors (Lipinski definition) is 7. The van der Waals surface area contributed by atoms with Crippen LogP contribution in [-0.4, -0.2) is 28.3 Å². The van der Waals surface area contributed by atoms with Crippen LogP contribution in [0.4, 0.5) is 5.82 Å². The Bertz CT molecular complexity index is 430. The second kappa shape index (κ2) is 5.92. The van der Waals surface area contributed by atoms with Crippen molar-refractivity contribution in [2.24, 2.45) is 0 Å². The van der Waals surface area contributed by atoms with E-state index in [1.165, 1.54) is 6.20 Å². The zero-order valence-corrected chi connectivity index (χ0v) is 9.45. The number of aromatic nitrogens is 2. The van der Waals surface area contributed by atoms with Crippen molar-refractivity contribution in [3.63, 3.8) is 0 Å². The highest BCUT2D eigenvalue weighted by atomic mass is 32.2. The Morgan fingerprint density at radius 2 is 2.50 bits per heavy atom. The summed E-state index contributed by atoms with van der Waals surface area (Å²) in [7, 11) is 0. The summed E-state index contributed by atoms with van der Waals surface area (Å²) in [5.41, 5.74) is 5.72. The lowest BCUT2D eigenvalue weighted by Gasteiger charge is -2.02. The highest BCUT2D eigenvalue weighted by Crippen LogP contribution is 2.15. The van der Waals surface area contributed by atoms with Gasteiger partial charge in [-0.1, -0.05) is 11.8 Å². The molecule has 0 aliphatic heterocycles. The third-order valence-electron chi connectivity index (χ3n) is 1.54. The number of nitrogens with two attached hydrogens (primary N) is 1. The molecule has 0 amide bonds. The van der Waals surface area contributed by atoms with E-state index in [0.29, 0.717) is 11.8 Å². The van der Waals surface area contributed by atoms with Crippen molar-refractivity contribution in [3.05, 3.63) is 11.8 Å². The first kappa shape index (κ1) is 12.3. The minimum Gasteiger partial charge on any atom is -0.465 e. The normalized spacial score (nSPS) is 9.50. The second-order valence-electron chi connectivity index (χ2n) is 2.66.